The summed E-state index contributed by atoms with van der Waals surface area (Å²) in [5, 5.41) is 5.69. The van der Waals surface area contributed by atoms with Crippen LogP contribution in [-0.4, -0.2) is 17.6 Å². The third kappa shape index (κ3) is 4.49. The first-order valence-electron chi connectivity index (χ1n) is 7.79. The number of anilines is 2. The van der Waals surface area contributed by atoms with E-state index in [9.17, 15) is 9.59 Å². The van der Waals surface area contributed by atoms with Crippen LogP contribution in [0, 0.1) is 0 Å². The lowest BCUT2D eigenvalue weighted by molar-refractivity contribution is -0.116. The number of hydrogen-bond acceptors (Lipinski definition) is 3. The third-order valence-electron chi connectivity index (χ3n) is 3.54. The van der Waals surface area contributed by atoms with Crippen LogP contribution in [0.15, 0.2) is 59.5 Å². The minimum absolute atomic E-state index is 0.0120. The van der Waals surface area contributed by atoms with Gasteiger partial charge in [-0.15, -0.1) is 11.8 Å². The van der Waals surface area contributed by atoms with Crippen molar-refractivity contribution in [2.45, 2.75) is 17.7 Å². The van der Waals surface area contributed by atoms with Crippen LogP contribution in [0.2, 0.25) is 0 Å². The summed E-state index contributed by atoms with van der Waals surface area (Å²) in [6, 6.07) is 15.6. The Bertz CT molecular complexity index is 772. The molecule has 2 aromatic carbocycles. The van der Waals surface area contributed by atoms with Crippen LogP contribution >= 0.6 is 11.8 Å². The monoisotopic (exact) mass is 338 g/mol. The Morgan fingerprint density at radius 2 is 2.04 bits per heavy atom. The summed E-state index contributed by atoms with van der Waals surface area (Å²) >= 11 is 1.51. The molecular formula is C19H18N2O2S. The Labute approximate surface area is 145 Å². The van der Waals surface area contributed by atoms with Crippen molar-refractivity contribution in [1.82, 2.24) is 0 Å². The maximum atomic E-state index is 12.0. The van der Waals surface area contributed by atoms with Crippen LogP contribution in [-0.2, 0) is 9.59 Å². The molecule has 0 aromatic heterocycles. The first-order valence-corrected chi connectivity index (χ1v) is 8.77. The molecule has 2 N–H and O–H groups in total. The summed E-state index contributed by atoms with van der Waals surface area (Å²) in [4.78, 5) is 24.5. The van der Waals surface area contributed by atoms with E-state index in [0.29, 0.717) is 24.3 Å². The predicted molar refractivity (Wildman–Crippen MR) is 99.1 cm³/mol. The molecule has 0 bridgehead atoms. The number of rotatable bonds is 5. The minimum Gasteiger partial charge on any atom is -0.326 e. The highest BCUT2D eigenvalue weighted by Gasteiger charge is 2.15. The van der Waals surface area contributed by atoms with Crippen molar-refractivity contribution >= 4 is 41.0 Å². The zero-order valence-corrected chi connectivity index (χ0v) is 13.9. The standard InChI is InChI=1S/C19H18N2O2S/c22-18(9-5-4-8-14-6-2-1-3-7-14)20-15-10-11-17-16(12-15)21-19(23)13-24-17/h1-4,6-8,10-12H,5,9,13H2,(H,20,22)(H,21,23). The topological polar surface area (TPSA) is 58.2 Å². The second-order valence-corrected chi connectivity index (χ2v) is 6.46. The Kier molecular flexibility index (Phi) is 5.33. The van der Waals surface area contributed by atoms with E-state index in [1.165, 1.54) is 11.8 Å². The molecule has 2 amide bonds. The SMILES string of the molecule is O=C(CCC=Cc1ccccc1)Nc1ccc2c(c1)NC(=O)CS2. The van der Waals surface area contributed by atoms with Gasteiger partial charge in [0.2, 0.25) is 11.8 Å². The molecule has 0 spiro atoms. The fourth-order valence-electron chi connectivity index (χ4n) is 2.38. The van der Waals surface area contributed by atoms with Gasteiger partial charge in [0.1, 0.15) is 0 Å². The van der Waals surface area contributed by atoms with Crippen molar-refractivity contribution < 1.29 is 9.59 Å². The van der Waals surface area contributed by atoms with Gasteiger partial charge in [-0.1, -0.05) is 42.5 Å². The van der Waals surface area contributed by atoms with Crippen molar-refractivity contribution in [3.63, 3.8) is 0 Å². The molecule has 0 saturated carbocycles. The number of carbonyl (C=O) groups is 2. The second kappa shape index (κ2) is 7.84. The number of thioether (sulfide) groups is 1. The van der Waals surface area contributed by atoms with Crippen LogP contribution in [0.1, 0.15) is 18.4 Å². The van der Waals surface area contributed by atoms with E-state index < -0.39 is 0 Å². The van der Waals surface area contributed by atoms with Gasteiger partial charge in [-0.25, -0.2) is 0 Å². The summed E-state index contributed by atoms with van der Waals surface area (Å²) in [6.45, 7) is 0. The second-order valence-electron chi connectivity index (χ2n) is 5.45. The Balaban J connectivity index is 1.51. The molecule has 2 aromatic rings. The fourth-order valence-corrected chi connectivity index (χ4v) is 3.17. The molecular weight excluding hydrogens is 320 g/mol. The Hall–Kier alpha value is -2.53. The summed E-state index contributed by atoms with van der Waals surface area (Å²) in [7, 11) is 0. The summed E-state index contributed by atoms with van der Waals surface area (Å²) < 4.78 is 0. The summed E-state index contributed by atoms with van der Waals surface area (Å²) in [6.07, 6.45) is 5.11. The molecule has 0 saturated heterocycles. The van der Waals surface area contributed by atoms with Gasteiger partial charge in [0.05, 0.1) is 11.4 Å². The number of benzene rings is 2. The van der Waals surface area contributed by atoms with E-state index in [2.05, 4.69) is 10.6 Å². The fraction of sp³-hybridized carbons (Fsp3) is 0.158. The normalized spacial score (nSPS) is 13.4. The number of amides is 2. The average molecular weight is 338 g/mol. The van der Waals surface area contributed by atoms with Crippen LogP contribution in [0.3, 0.4) is 0 Å². The van der Waals surface area contributed by atoms with Crippen LogP contribution in [0.4, 0.5) is 11.4 Å². The lowest BCUT2D eigenvalue weighted by Crippen LogP contribution is -2.19. The van der Waals surface area contributed by atoms with E-state index in [1.54, 1.807) is 6.07 Å². The molecule has 1 aliphatic rings. The van der Waals surface area contributed by atoms with Crippen LogP contribution < -0.4 is 10.6 Å². The Morgan fingerprint density at radius 3 is 2.88 bits per heavy atom. The van der Waals surface area contributed by atoms with Gasteiger partial charge in [0.25, 0.3) is 0 Å². The number of fused-ring (bicyclic) bond motifs is 1. The smallest absolute Gasteiger partial charge is 0.234 e. The molecule has 24 heavy (non-hydrogen) atoms. The zero-order chi connectivity index (χ0) is 16.8. The molecule has 3 rings (SSSR count). The van der Waals surface area contributed by atoms with Crippen molar-refractivity contribution in [2.24, 2.45) is 0 Å². The molecule has 0 fully saturated rings. The van der Waals surface area contributed by atoms with Gasteiger partial charge in [-0.05, 0) is 30.2 Å². The number of hydrogen-bond donors (Lipinski definition) is 2. The van der Waals surface area contributed by atoms with Crippen LogP contribution in [0.25, 0.3) is 6.08 Å². The number of carbonyl (C=O) groups excluding carboxylic acids is 2. The summed E-state index contributed by atoms with van der Waals surface area (Å²) in [5.41, 5.74) is 2.59. The van der Waals surface area contributed by atoms with Crippen molar-refractivity contribution in [3.05, 3.63) is 60.2 Å². The first kappa shape index (κ1) is 16.3. The number of allylic oxidation sites excluding steroid dienone is 1. The predicted octanol–water partition coefficient (Wildman–Crippen LogP) is 4.16. The molecule has 0 radical (unpaired) electrons. The highest BCUT2D eigenvalue weighted by atomic mass is 32.2. The molecule has 1 aliphatic heterocycles. The van der Waals surface area contributed by atoms with Crippen molar-refractivity contribution in [3.8, 4) is 0 Å². The molecule has 5 heteroatoms. The molecule has 0 unspecified atom stereocenters. The summed E-state index contributed by atoms with van der Waals surface area (Å²) in [5.74, 6) is 0.386. The molecule has 0 atom stereocenters. The van der Waals surface area contributed by atoms with E-state index in [4.69, 9.17) is 0 Å². The molecule has 0 aliphatic carbocycles. The van der Waals surface area contributed by atoms with Gasteiger partial charge in [-0.3, -0.25) is 9.59 Å². The average Bonchev–Trinajstić information content (AvgIpc) is 2.59. The van der Waals surface area contributed by atoms with E-state index in [-0.39, 0.29) is 11.8 Å². The molecule has 122 valence electrons. The first-order chi connectivity index (χ1) is 11.7. The lowest BCUT2D eigenvalue weighted by atomic mass is 10.2. The largest absolute Gasteiger partial charge is 0.326 e. The van der Waals surface area contributed by atoms with Crippen molar-refractivity contribution in [2.75, 3.05) is 16.4 Å². The lowest BCUT2D eigenvalue weighted by Gasteiger charge is -2.17. The maximum Gasteiger partial charge on any atom is 0.234 e. The van der Waals surface area contributed by atoms with E-state index >= 15 is 0 Å². The highest BCUT2D eigenvalue weighted by molar-refractivity contribution is 8.00. The maximum absolute atomic E-state index is 12.0. The minimum atomic E-state index is -0.0394. The van der Waals surface area contributed by atoms with Crippen molar-refractivity contribution in [1.29, 1.82) is 0 Å². The Morgan fingerprint density at radius 1 is 1.21 bits per heavy atom. The van der Waals surface area contributed by atoms with Crippen LogP contribution in [0.5, 0.6) is 0 Å². The van der Waals surface area contributed by atoms with E-state index in [0.717, 1.165) is 16.1 Å². The zero-order valence-electron chi connectivity index (χ0n) is 13.1. The van der Waals surface area contributed by atoms with Gasteiger partial charge >= 0.3 is 0 Å². The highest BCUT2D eigenvalue weighted by Crippen LogP contribution is 2.33. The number of nitrogens with one attached hydrogen (secondary N) is 2. The molecule has 4 nitrogen and oxygen atoms in total. The van der Waals surface area contributed by atoms with Gasteiger partial charge in [0, 0.05) is 17.0 Å². The van der Waals surface area contributed by atoms with Gasteiger partial charge in [0.15, 0.2) is 0 Å². The van der Waals surface area contributed by atoms with E-state index in [1.807, 2.05) is 54.6 Å². The van der Waals surface area contributed by atoms with Gasteiger partial charge < -0.3 is 10.6 Å². The quantitative estimate of drug-likeness (QED) is 0.860. The molecule has 1 heterocycles. The third-order valence-corrected chi connectivity index (χ3v) is 4.62. The van der Waals surface area contributed by atoms with Gasteiger partial charge in [-0.2, -0.15) is 0 Å².